The van der Waals surface area contributed by atoms with Gasteiger partial charge in [0.25, 0.3) is 11.5 Å². The number of aromatic nitrogens is 3. The topological polar surface area (TPSA) is 108 Å². The average molecular weight is 352 g/mol. The monoisotopic (exact) mass is 352 g/mol. The van der Waals surface area contributed by atoms with E-state index in [0.717, 1.165) is 5.56 Å². The molecule has 1 aliphatic heterocycles. The van der Waals surface area contributed by atoms with Gasteiger partial charge in [0.2, 0.25) is 0 Å². The fourth-order valence-electron chi connectivity index (χ4n) is 3.47. The summed E-state index contributed by atoms with van der Waals surface area (Å²) in [6, 6.07) is 7.51. The number of aliphatic carboxylic acids is 1. The van der Waals surface area contributed by atoms with Crippen LogP contribution in [0.4, 0.5) is 0 Å². The first-order chi connectivity index (χ1) is 12.5. The van der Waals surface area contributed by atoms with Crippen LogP contribution in [-0.4, -0.2) is 43.2 Å². The minimum Gasteiger partial charge on any atom is -0.479 e. The number of hydrogen-bond donors (Lipinski definition) is 2. The van der Waals surface area contributed by atoms with Crippen molar-refractivity contribution >= 4 is 22.9 Å². The van der Waals surface area contributed by atoms with Crippen molar-refractivity contribution in [2.24, 2.45) is 7.05 Å². The van der Waals surface area contributed by atoms with Gasteiger partial charge in [-0.1, -0.05) is 24.3 Å². The SMILES string of the molecule is Cn1ncc2[nH]c(=O)c(C(=O)N3CCc4ccccc4C3C(=O)O)cc21. The van der Waals surface area contributed by atoms with Crippen molar-refractivity contribution in [2.45, 2.75) is 12.5 Å². The lowest BCUT2D eigenvalue weighted by Gasteiger charge is -2.34. The predicted molar refractivity (Wildman–Crippen MR) is 92.9 cm³/mol. The molecular weight excluding hydrogens is 336 g/mol. The molecule has 3 heterocycles. The van der Waals surface area contributed by atoms with Crippen LogP contribution < -0.4 is 5.56 Å². The van der Waals surface area contributed by atoms with Crippen LogP contribution >= 0.6 is 0 Å². The second kappa shape index (κ2) is 5.83. The highest BCUT2D eigenvalue weighted by Crippen LogP contribution is 2.31. The number of nitrogens with one attached hydrogen (secondary N) is 1. The van der Waals surface area contributed by atoms with Crippen molar-refractivity contribution in [3.63, 3.8) is 0 Å². The van der Waals surface area contributed by atoms with Gasteiger partial charge < -0.3 is 15.0 Å². The Hall–Kier alpha value is -3.42. The van der Waals surface area contributed by atoms with Crippen LogP contribution in [0.2, 0.25) is 0 Å². The second-order valence-electron chi connectivity index (χ2n) is 6.27. The van der Waals surface area contributed by atoms with Crippen molar-refractivity contribution in [1.82, 2.24) is 19.7 Å². The maximum Gasteiger partial charge on any atom is 0.331 e. The number of nitrogens with zero attached hydrogens (tertiary/aromatic N) is 3. The highest BCUT2D eigenvalue weighted by molar-refractivity contribution is 5.99. The summed E-state index contributed by atoms with van der Waals surface area (Å²) in [6.07, 6.45) is 2.04. The number of H-pyrrole nitrogens is 1. The number of amides is 1. The van der Waals surface area contributed by atoms with E-state index >= 15 is 0 Å². The molecule has 4 rings (SSSR count). The maximum atomic E-state index is 13.0. The number of carboxylic acid groups (broad SMARTS) is 1. The molecule has 0 saturated heterocycles. The van der Waals surface area contributed by atoms with E-state index in [4.69, 9.17) is 0 Å². The molecule has 0 fully saturated rings. The lowest BCUT2D eigenvalue weighted by Crippen LogP contribution is -2.45. The Kier molecular flexibility index (Phi) is 3.61. The van der Waals surface area contributed by atoms with E-state index in [1.54, 1.807) is 23.9 Å². The molecule has 0 saturated carbocycles. The molecule has 1 aliphatic rings. The first-order valence-electron chi connectivity index (χ1n) is 8.14. The normalized spacial score (nSPS) is 16.5. The first-order valence-corrected chi connectivity index (χ1v) is 8.14. The van der Waals surface area contributed by atoms with Gasteiger partial charge in [-0.25, -0.2) is 4.79 Å². The van der Waals surface area contributed by atoms with E-state index in [-0.39, 0.29) is 12.1 Å². The van der Waals surface area contributed by atoms with Gasteiger partial charge in [0.05, 0.1) is 17.2 Å². The summed E-state index contributed by atoms with van der Waals surface area (Å²) in [4.78, 5) is 41.2. The first kappa shape index (κ1) is 16.1. The number of benzene rings is 1. The van der Waals surface area contributed by atoms with Gasteiger partial charge in [-0.15, -0.1) is 0 Å². The second-order valence-corrected chi connectivity index (χ2v) is 6.27. The number of rotatable bonds is 2. The maximum absolute atomic E-state index is 13.0. The number of hydrogen-bond acceptors (Lipinski definition) is 4. The van der Waals surface area contributed by atoms with E-state index in [1.807, 2.05) is 12.1 Å². The van der Waals surface area contributed by atoms with Crippen LogP contribution in [0, 0.1) is 0 Å². The van der Waals surface area contributed by atoms with Crippen molar-refractivity contribution in [1.29, 1.82) is 0 Å². The van der Waals surface area contributed by atoms with Gasteiger partial charge in [0.15, 0.2) is 6.04 Å². The highest BCUT2D eigenvalue weighted by Gasteiger charge is 2.37. The molecule has 1 unspecified atom stereocenters. The number of aromatic amines is 1. The summed E-state index contributed by atoms with van der Waals surface area (Å²) in [7, 11) is 1.70. The summed E-state index contributed by atoms with van der Waals surface area (Å²) < 4.78 is 1.54. The van der Waals surface area contributed by atoms with Crippen LogP contribution in [0.15, 0.2) is 41.3 Å². The third-order valence-corrected chi connectivity index (χ3v) is 4.77. The third-order valence-electron chi connectivity index (χ3n) is 4.77. The molecule has 1 atom stereocenters. The Morgan fingerprint density at radius 3 is 2.85 bits per heavy atom. The fraction of sp³-hybridized carbons (Fsp3) is 0.222. The minimum absolute atomic E-state index is 0.0910. The summed E-state index contributed by atoms with van der Waals surface area (Å²) in [5.74, 6) is -1.72. The summed E-state index contributed by atoms with van der Waals surface area (Å²) in [5, 5.41) is 13.8. The third kappa shape index (κ3) is 2.38. The Balaban J connectivity index is 1.81. The molecule has 1 amide bonds. The minimum atomic E-state index is -1.12. The molecule has 8 nitrogen and oxygen atoms in total. The van der Waals surface area contributed by atoms with E-state index < -0.39 is 23.5 Å². The number of aryl methyl sites for hydroxylation is 1. The Labute approximate surface area is 147 Å². The van der Waals surface area contributed by atoms with Gasteiger partial charge in [-0.2, -0.15) is 5.10 Å². The Morgan fingerprint density at radius 2 is 2.08 bits per heavy atom. The number of fused-ring (bicyclic) bond motifs is 2. The van der Waals surface area contributed by atoms with Crippen LogP contribution in [0.3, 0.4) is 0 Å². The van der Waals surface area contributed by atoms with Crippen molar-refractivity contribution in [3.8, 4) is 0 Å². The van der Waals surface area contributed by atoms with E-state index in [1.165, 1.54) is 17.2 Å². The molecule has 8 heteroatoms. The number of pyridine rings is 1. The molecule has 3 aromatic rings. The number of carbonyl (C=O) groups excluding carboxylic acids is 1. The standard InChI is InChI=1S/C18H16N4O4/c1-21-14-8-12(16(23)20-13(14)9-19-21)17(24)22-7-6-10-4-2-3-5-11(10)15(22)18(25)26/h2-5,8-9,15H,6-7H2,1H3,(H,20,23)(H,25,26). The smallest absolute Gasteiger partial charge is 0.331 e. The van der Waals surface area contributed by atoms with Crippen LogP contribution in [0.5, 0.6) is 0 Å². The van der Waals surface area contributed by atoms with Crippen LogP contribution in [0.1, 0.15) is 27.5 Å². The molecular formula is C18H16N4O4. The summed E-state index contributed by atoms with van der Waals surface area (Å²) in [5.41, 5.74) is 1.95. The van der Waals surface area contributed by atoms with Gasteiger partial charge in [0, 0.05) is 13.6 Å². The zero-order valence-electron chi connectivity index (χ0n) is 14.0. The van der Waals surface area contributed by atoms with E-state index in [0.29, 0.717) is 23.0 Å². The lowest BCUT2D eigenvalue weighted by molar-refractivity contribution is -0.143. The van der Waals surface area contributed by atoms with Gasteiger partial charge in [-0.3, -0.25) is 14.3 Å². The zero-order chi connectivity index (χ0) is 18.4. The number of carboxylic acids is 1. The molecule has 26 heavy (non-hydrogen) atoms. The molecule has 2 N–H and O–H groups in total. The van der Waals surface area contributed by atoms with Crippen molar-refractivity contribution in [3.05, 3.63) is 63.6 Å². The van der Waals surface area contributed by atoms with Crippen LogP contribution in [-0.2, 0) is 18.3 Å². The number of carbonyl (C=O) groups is 2. The Morgan fingerprint density at radius 1 is 1.31 bits per heavy atom. The fourth-order valence-corrected chi connectivity index (χ4v) is 3.47. The molecule has 1 aromatic carbocycles. The van der Waals surface area contributed by atoms with E-state index in [2.05, 4.69) is 10.1 Å². The van der Waals surface area contributed by atoms with Gasteiger partial charge in [0.1, 0.15) is 5.56 Å². The van der Waals surface area contributed by atoms with Crippen molar-refractivity contribution < 1.29 is 14.7 Å². The average Bonchev–Trinajstić information content (AvgIpc) is 2.99. The molecule has 0 bridgehead atoms. The zero-order valence-corrected chi connectivity index (χ0v) is 14.0. The van der Waals surface area contributed by atoms with Crippen molar-refractivity contribution in [2.75, 3.05) is 6.54 Å². The highest BCUT2D eigenvalue weighted by atomic mass is 16.4. The van der Waals surface area contributed by atoms with Crippen LogP contribution in [0.25, 0.3) is 11.0 Å². The molecule has 2 aromatic heterocycles. The lowest BCUT2D eigenvalue weighted by atomic mass is 9.92. The van der Waals surface area contributed by atoms with Gasteiger partial charge >= 0.3 is 5.97 Å². The molecule has 0 spiro atoms. The quantitative estimate of drug-likeness (QED) is 0.718. The molecule has 0 radical (unpaired) electrons. The largest absolute Gasteiger partial charge is 0.479 e. The summed E-state index contributed by atoms with van der Waals surface area (Å²) in [6.45, 7) is 0.232. The predicted octanol–water partition coefficient (Wildman–Crippen LogP) is 1.09. The van der Waals surface area contributed by atoms with E-state index in [9.17, 15) is 19.5 Å². The molecule has 132 valence electrons. The molecule has 0 aliphatic carbocycles. The Bertz CT molecular complexity index is 1100. The van der Waals surface area contributed by atoms with Gasteiger partial charge in [-0.05, 0) is 23.6 Å². The summed E-state index contributed by atoms with van der Waals surface area (Å²) >= 11 is 0.